The summed E-state index contributed by atoms with van der Waals surface area (Å²) in [5, 5.41) is 0. The van der Waals surface area contributed by atoms with Crippen LogP contribution in [0.4, 0.5) is 4.79 Å². The molecular weight excluding hydrogens is 319 g/mol. The van der Waals surface area contributed by atoms with Gasteiger partial charge in [-0.1, -0.05) is 30.3 Å². The molecule has 0 atom stereocenters. The molecule has 8 heteroatoms. The van der Waals surface area contributed by atoms with Crippen LogP contribution in [-0.4, -0.2) is 62.6 Å². The number of carbonyl (C=O) groups excluding carboxylic acids is 1. The van der Waals surface area contributed by atoms with Gasteiger partial charge in [0.15, 0.2) is 0 Å². The van der Waals surface area contributed by atoms with Crippen molar-refractivity contribution in [3.8, 4) is 0 Å². The van der Waals surface area contributed by atoms with Gasteiger partial charge in [0.05, 0.1) is 0 Å². The fraction of sp³-hybridized carbons (Fsp3) is 0.533. The molecule has 1 amide bonds. The number of ether oxygens (including phenoxy) is 1. The molecular formula is C15H23N2O5P. The molecule has 0 N–H and O–H groups in total. The number of hydrogen-bond donors (Lipinski definition) is 0. The van der Waals surface area contributed by atoms with Crippen LogP contribution < -0.4 is 0 Å². The highest BCUT2D eigenvalue weighted by Crippen LogP contribution is 2.46. The van der Waals surface area contributed by atoms with Crippen molar-refractivity contribution in [3.63, 3.8) is 0 Å². The molecule has 0 aliphatic carbocycles. The largest absolute Gasteiger partial charge is 0.445 e. The second-order valence-corrected chi connectivity index (χ2v) is 7.50. The summed E-state index contributed by atoms with van der Waals surface area (Å²) < 4.78 is 27.3. The van der Waals surface area contributed by atoms with E-state index in [-0.39, 0.29) is 19.0 Å². The normalized spacial score (nSPS) is 16.3. The molecule has 0 unspecified atom stereocenters. The lowest BCUT2D eigenvalue weighted by Crippen LogP contribution is -2.49. The standard InChI is InChI=1S/C15H23N2O5P/c1-20-23(19,21-2)13-16-8-10-17(11-9-16)15(18)22-12-14-6-4-3-5-7-14/h3-7H,8-13H2,1-2H3. The Kier molecular flexibility index (Phi) is 6.59. The molecule has 0 spiro atoms. The van der Waals surface area contributed by atoms with E-state index in [1.807, 2.05) is 35.2 Å². The molecule has 7 nitrogen and oxygen atoms in total. The van der Waals surface area contributed by atoms with Crippen molar-refractivity contribution < 1.29 is 23.1 Å². The van der Waals surface area contributed by atoms with E-state index in [2.05, 4.69) is 0 Å². The summed E-state index contributed by atoms with van der Waals surface area (Å²) in [6.45, 7) is 2.54. The van der Waals surface area contributed by atoms with Crippen molar-refractivity contribution in [2.75, 3.05) is 46.7 Å². The smallest absolute Gasteiger partial charge is 0.410 e. The Morgan fingerprint density at radius 3 is 2.26 bits per heavy atom. The zero-order valence-electron chi connectivity index (χ0n) is 13.5. The molecule has 0 bridgehead atoms. The second-order valence-electron chi connectivity index (χ2n) is 5.26. The van der Waals surface area contributed by atoms with E-state index in [0.29, 0.717) is 26.2 Å². The average molecular weight is 342 g/mol. The number of hydrogen-bond acceptors (Lipinski definition) is 6. The third kappa shape index (κ3) is 5.32. The van der Waals surface area contributed by atoms with Crippen molar-refractivity contribution in [3.05, 3.63) is 35.9 Å². The SMILES string of the molecule is COP(=O)(CN1CCN(C(=O)OCc2ccccc2)CC1)OC. The number of piperazine rings is 1. The van der Waals surface area contributed by atoms with Crippen LogP contribution in [0.1, 0.15) is 5.56 Å². The number of amides is 1. The summed E-state index contributed by atoms with van der Waals surface area (Å²) >= 11 is 0. The van der Waals surface area contributed by atoms with Gasteiger partial charge < -0.3 is 18.7 Å². The molecule has 1 fully saturated rings. The summed E-state index contributed by atoms with van der Waals surface area (Å²) in [7, 11) is -0.302. The van der Waals surface area contributed by atoms with Crippen LogP contribution in [0.3, 0.4) is 0 Å². The van der Waals surface area contributed by atoms with E-state index < -0.39 is 7.60 Å². The highest BCUT2D eigenvalue weighted by atomic mass is 31.2. The van der Waals surface area contributed by atoms with Crippen LogP contribution in [0.15, 0.2) is 30.3 Å². The van der Waals surface area contributed by atoms with Crippen molar-refractivity contribution in [2.24, 2.45) is 0 Å². The lowest BCUT2D eigenvalue weighted by molar-refractivity contribution is 0.0739. The first kappa shape index (κ1) is 17.9. The third-order valence-corrected chi connectivity index (χ3v) is 5.62. The fourth-order valence-electron chi connectivity index (χ4n) is 2.32. The van der Waals surface area contributed by atoms with E-state index in [1.54, 1.807) is 4.90 Å². The number of nitrogens with zero attached hydrogens (tertiary/aromatic N) is 2. The van der Waals surface area contributed by atoms with Crippen molar-refractivity contribution in [2.45, 2.75) is 6.61 Å². The van der Waals surface area contributed by atoms with Gasteiger partial charge >= 0.3 is 13.7 Å². The summed E-state index contributed by atoms with van der Waals surface area (Å²) in [6.07, 6.45) is -0.0948. The topological polar surface area (TPSA) is 68.3 Å². The van der Waals surface area contributed by atoms with Crippen LogP contribution in [0.2, 0.25) is 0 Å². The Balaban J connectivity index is 1.75. The highest BCUT2D eigenvalue weighted by molar-refractivity contribution is 7.53. The molecule has 1 aliphatic rings. The van der Waals surface area contributed by atoms with Crippen molar-refractivity contribution in [1.82, 2.24) is 9.80 Å². The minimum atomic E-state index is -3.05. The van der Waals surface area contributed by atoms with Gasteiger partial charge in [-0.05, 0) is 5.56 Å². The number of carbonyl (C=O) groups is 1. The van der Waals surface area contributed by atoms with Gasteiger partial charge in [-0.15, -0.1) is 0 Å². The maximum Gasteiger partial charge on any atom is 0.410 e. The van der Waals surface area contributed by atoms with E-state index >= 15 is 0 Å². The van der Waals surface area contributed by atoms with Crippen LogP contribution in [0.25, 0.3) is 0 Å². The monoisotopic (exact) mass is 342 g/mol. The molecule has 1 aromatic rings. The highest BCUT2D eigenvalue weighted by Gasteiger charge is 2.29. The summed E-state index contributed by atoms with van der Waals surface area (Å²) in [5.41, 5.74) is 0.959. The predicted molar refractivity (Wildman–Crippen MR) is 86.3 cm³/mol. The molecule has 1 saturated heterocycles. The lowest BCUT2D eigenvalue weighted by atomic mass is 10.2. The Morgan fingerprint density at radius 1 is 1.09 bits per heavy atom. The van der Waals surface area contributed by atoms with Gasteiger partial charge in [-0.2, -0.15) is 0 Å². The molecule has 1 heterocycles. The molecule has 0 radical (unpaired) electrons. The quantitative estimate of drug-likeness (QED) is 0.740. The Morgan fingerprint density at radius 2 is 1.70 bits per heavy atom. The minimum absolute atomic E-state index is 0.229. The Bertz CT molecular complexity index is 538. The van der Waals surface area contributed by atoms with Gasteiger partial charge in [0.2, 0.25) is 0 Å². The van der Waals surface area contributed by atoms with Crippen LogP contribution in [-0.2, 0) is 25.0 Å². The molecule has 1 aliphatic heterocycles. The molecule has 23 heavy (non-hydrogen) atoms. The first-order chi connectivity index (χ1) is 11.1. The van der Waals surface area contributed by atoms with E-state index in [9.17, 15) is 9.36 Å². The molecule has 0 saturated carbocycles. The van der Waals surface area contributed by atoms with E-state index in [1.165, 1.54) is 14.2 Å². The molecule has 128 valence electrons. The predicted octanol–water partition coefficient (Wildman–Crippen LogP) is 2.38. The van der Waals surface area contributed by atoms with Gasteiger partial charge in [-0.25, -0.2) is 4.79 Å². The zero-order chi connectivity index (χ0) is 16.7. The van der Waals surface area contributed by atoms with Gasteiger partial charge in [0.25, 0.3) is 0 Å². The number of benzene rings is 1. The average Bonchev–Trinajstić information content (AvgIpc) is 2.61. The summed E-state index contributed by atoms with van der Waals surface area (Å²) in [4.78, 5) is 15.7. The minimum Gasteiger partial charge on any atom is -0.445 e. The van der Waals surface area contributed by atoms with Crippen LogP contribution in [0, 0.1) is 0 Å². The first-order valence-corrected chi connectivity index (χ1v) is 9.17. The second kappa shape index (κ2) is 8.45. The molecule has 0 aromatic heterocycles. The Labute approximate surface area is 136 Å². The van der Waals surface area contributed by atoms with Gasteiger partial charge in [0.1, 0.15) is 12.9 Å². The van der Waals surface area contributed by atoms with Crippen molar-refractivity contribution >= 4 is 13.7 Å². The maximum atomic E-state index is 12.1. The molecule has 2 rings (SSSR count). The maximum absolute atomic E-state index is 12.1. The fourth-order valence-corrected chi connectivity index (χ4v) is 3.47. The van der Waals surface area contributed by atoms with E-state index in [0.717, 1.165) is 5.56 Å². The lowest BCUT2D eigenvalue weighted by Gasteiger charge is -2.34. The van der Waals surface area contributed by atoms with Gasteiger partial charge in [-0.3, -0.25) is 9.46 Å². The van der Waals surface area contributed by atoms with Crippen LogP contribution in [0.5, 0.6) is 0 Å². The summed E-state index contributed by atoms with van der Waals surface area (Å²) in [6, 6.07) is 9.57. The first-order valence-electron chi connectivity index (χ1n) is 7.45. The Hall–Kier alpha value is -1.40. The summed E-state index contributed by atoms with van der Waals surface area (Å²) in [5.74, 6) is 0. The van der Waals surface area contributed by atoms with Crippen LogP contribution >= 0.6 is 7.60 Å². The van der Waals surface area contributed by atoms with Gasteiger partial charge in [0, 0.05) is 40.4 Å². The third-order valence-electron chi connectivity index (χ3n) is 3.77. The number of rotatable bonds is 6. The van der Waals surface area contributed by atoms with Crippen molar-refractivity contribution in [1.29, 1.82) is 0 Å². The molecule has 1 aromatic carbocycles. The zero-order valence-corrected chi connectivity index (χ0v) is 14.4. The van der Waals surface area contributed by atoms with E-state index in [4.69, 9.17) is 13.8 Å².